The van der Waals surface area contributed by atoms with Crippen molar-refractivity contribution in [3.05, 3.63) is 47.2 Å². The third-order valence-corrected chi connectivity index (χ3v) is 5.02. The standard InChI is InChI=1S/C17H23N3O4S/c1-11(2)9-19-25(22,23)15-7-5-14(6-8-15)17(21)18-10-16-20-12(3)13(4)24-16/h5-8,11,19H,9-10H2,1-4H3,(H,18,21). The molecule has 0 unspecified atom stereocenters. The Morgan fingerprint density at radius 1 is 1.20 bits per heavy atom. The summed E-state index contributed by atoms with van der Waals surface area (Å²) < 4.78 is 32.2. The van der Waals surface area contributed by atoms with Gasteiger partial charge < -0.3 is 9.73 Å². The van der Waals surface area contributed by atoms with E-state index in [0.717, 1.165) is 5.69 Å². The van der Waals surface area contributed by atoms with Crippen LogP contribution in [0.1, 0.15) is 41.6 Å². The Kier molecular flexibility index (Phi) is 5.97. The van der Waals surface area contributed by atoms with Crippen molar-refractivity contribution in [2.24, 2.45) is 5.92 Å². The Bertz CT molecular complexity index is 820. The molecule has 2 rings (SSSR count). The maximum Gasteiger partial charge on any atom is 0.251 e. The predicted octanol–water partition coefficient (Wildman–Crippen LogP) is 2.16. The third kappa shape index (κ3) is 5.14. The molecule has 0 fully saturated rings. The molecule has 7 nitrogen and oxygen atoms in total. The van der Waals surface area contributed by atoms with Gasteiger partial charge in [0.2, 0.25) is 15.9 Å². The topological polar surface area (TPSA) is 101 Å². The zero-order valence-corrected chi connectivity index (χ0v) is 15.6. The number of hydrogen-bond acceptors (Lipinski definition) is 5. The van der Waals surface area contributed by atoms with Gasteiger partial charge in [0.25, 0.3) is 5.91 Å². The van der Waals surface area contributed by atoms with Crippen molar-refractivity contribution < 1.29 is 17.6 Å². The van der Waals surface area contributed by atoms with Crippen LogP contribution in [-0.4, -0.2) is 25.9 Å². The largest absolute Gasteiger partial charge is 0.444 e. The first kappa shape index (κ1) is 19.1. The number of aromatic nitrogens is 1. The zero-order valence-electron chi connectivity index (χ0n) is 14.8. The molecular weight excluding hydrogens is 342 g/mol. The van der Waals surface area contributed by atoms with E-state index in [1.165, 1.54) is 24.3 Å². The van der Waals surface area contributed by atoms with Gasteiger partial charge in [-0.05, 0) is 44.0 Å². The summed E-state index contributed by atoms with van der Waals surface area (Å²) in [4.78, 5) is 16.5. The van der Waals surface area contributed by atoms with Crippen LogP contribution in [0.25, 0.3) is 0 Å². The van der Waals surface area contributed by atoms with E-state index in [-0.39, 0.29) is 23.3 Å². The first-order chi connectivity index (χ1) is 11.7. The summed E-state index contributed by atoms with van der Waals surface area (Å²) in [5.41, 5.74) is 1.15. The fourth-order valence-electron chi connectivity index (χ4n) is 2.02. The molecule has 0 atom stereocenters. The van der Waals surface area contributed by atoms with E-state index in [1.54, 1.807) is 6.92 Å². The van der Waals surface area contributed by atoms with Crippen LogP contribution in [0.3, 0.4) is 0 Å². The molecule has 0 aliphatic heterocycles. The molecule has 2 N–H and O–H groups in total. The minimum Gasteiger partial charge on any atom is -0.444 e. The van der Waals surface area contributed by atoms with Crippen LogP contribution in [0, 0.1) is 19.8 Å². The van der Waals surface area contributed by atoms with Gasteiger partial charge in [-0.25, -0.2) is 18.1 Å². The van der Waals surface area contributed by atoms with Gasteiger partial charge in [0.05, 0.1) is 17.1 Å². The maximum absolute atomic E-state index is 12.1. The van der Waals surface area contributed by atoms with Crippen molar-refractivity contribution >= 4 is 15.9 Å². The van der Waals surface area contributed by atoms with Crippen molar-refractivity contribution in [1.82, 2.24) is 15.0 Å². The lowest BCUT2D eigenvalue weighted by Gasteiger charge is -2.09. The van der Waals surface area contributed by atoms with Gasteiger partial charge in [-0.1, -0.05) is 13.8 Å². The first-order valence-electron chi connectivity index (χ1n) is 8.00. The number of aryl methyl sites for hydroxylation is 2. The van der Waals surface area contributed by atoms with E-state index in [4.69, 9.17) is 4.42 Å². The average Bonchev–Trinajstić information content (AvgIpc) is 2.89. The maximum atomic E-state index is 12.1. The molecule has 136 valence electrons. The van der Waals surface area contributed by atoms with E-state index in [1.807, 2.05) is 20.8 Å². The van der Waals surface area contributed by atoms with Gasteiger partial charge in [-0.3, -0.25) is 4.79 Å². The van der Waals surface area contributed by atoms with Crippen LogP contribution < -0.4 is 10.0 Å². The molecule has 0 saturated carbocycles. The van der Waals surface area contributed by atoms with Gasteiger partial charge in [0, 0.05) is 12.1 Å². The Balaban J connectivity index is 2.00. The van der Waals surface area contributed by atoms with E-state index >= 15 is 0 Å². The molecule has 0 bridgehead atoms. The summed E-state index contributed by atoms with van der Waals surface area (Å²) in [6, 6.07) is 5.78. The Morgan fingerprint density at radius 2 is 1.84 bits per heavy atom. The molecule has 0 saturated heterocycles. The molecule has 0 aliphatic rings. The number of carbonyl (C=O) groups excluding carboxylic acids is 1. The van der Waals surface area contributed by atoms with Crippen molar-refractivity contribution in [3.8, 4) is 0 Å². The first-order valence-corrected chi connectivity index (χ1v) is 9.48. The zero-order chi connectivity index (χ0) is 18.6. The van der Waals surface area contributed by atoms with Crippen molar-refractivity contribution in [3.63, 3.8) is 0 Å². The molecule has 1 amide bonds. The monoisotopic (exact) mass is 365 g/mol. The number of benzene rings is 1. The molecule has 0 aliphatic carbocycles. The summed E-state index contributed by atoms with van der Waals surface area (Å²) in [5, 5.41) is 2.69. The number of nitrogens with zero attached hydrogens (tertiary/aromatic N) is 1. The number of sulfonamides is 1. The molecule has 1 heterocycles. The number of carbonyl (C=O) groups is 1. The normalized spacial score (nSPS) is 11.7. The lowest BCUT2D eigenvalue weighted by molar-refractivity contribution is 0.0947. The highest BCUT2D eigenvalue weighted by Crippen LogP contribution is 2.12. The summed E-state index contributed by atoms with van der Waals surface area (Å²) >= 11 is 0. The van der Waals surface area contributed by atoms with Gasteiger partial charge in [-0.15, -0.1) is 0 Å². The second-order valence-electron chi connectivity index (χ2n) is 6.20. The quantitative estimate of drug-likeness (QED) is 0.783. The second-order valence-corrected chi connectivity index (χ2v) is 7.97. The van der Waals surface area contributed by atoms with E-state index in [9.17, 15) is 13.2 Å². The van der Waals surface area contributed by atoms with Crippen LogP contribution in [-0.2, 0) is 16.6 Å². The number of oxazole rings is 1. The number of hydrogen-bond donors (Lipinski definition) is 2. The summed E-state index contributed by atoms with van der Waals surface area (Å²) in [7, 11) is -3.56. The highest BCUT2D eigenvalue weighted by Gasteiger charge is 2.15. The predicted molar refractivity (Wildman–Crippen MR) is 93.6 cm³/mol. The summed E-state index contributed by atoms with van der Waals surface area (Å²) in [5.74, 6) is 1.03. The molecule has 1 aromatic carbocycles. The Labute approximate surface area is 147 Å². The van der Waals surface area contributed by atoms with E-state index in [0.29, 0.717) is 23.8 Å². The van der Waals surface area contributed by atoms with Crippen molar-refractivity contribution in [2.45, 2.75) is 39.1 Å². The molecular formula is C17H23N3O4S. The molecule has 8 heteroatoms. The average molecular weight is 365 g/mol. The van der Waals surface area contributed by atoms with Crippen molar-refractivity contribution in [1.29, 1.82) is 0 Å². The molecule has 0 radical (unpaired) electrons. The molecule has 0 spiro atoms. The number of rotatable bonds is 7. The minimum atomic E-state index is -3.56. The SMILES string of the molecule is Cc1nc(CNC(=O)c2ccc(S(=O)(=O)NCC(C)C)cc2)oc1C. The second kappa shape index (κ2) is 7.79. The minimum absolute atomic E-state index is 0.128. The van der Waals surface area contributed by atoms with Crippen molar-refractivity contribution in [2.75, 3.05) is 6.54 Å². The number of nitrogens with one attached hydrogen (secondary N) is 2. The van der Waals surface area contributed by atoms with Crippen LogP contribution in [0.4, 0.5) is 0 Å². The number of amides is 1. The van der Waals surface area contributed by atoms with Gasteiger partial charge in [0.15, 0.2) is 0 Å². The van der Waals surface area contributed by atoms with E-state index < -0.39 is 10.0 Å². The van der Waals surface area contributed by atoms with Crippen LogP contribution in [0.15, 0.2) is 33.6 Å². The Morgan fingerprint density at radius 3 is 2.36 bits per heavy atom. The van der Waals surface area contributed by atoms with Gasteiger partial charge in [-0.2, -0.15) is 0 Å². The molecule has 25 heavy (non-hydrogen) atoms. The lowest BCUT2D eigenvalue weighted by atomic mass is 10.2. The Hall–Kier alpha value is -2.19. The fourth-order valence-corrected chi connectivity index (χ4v) is 3.23. The van der Waals surface area contributed by atoms with Crippen LogP contribution in [0.2, 0.25) is 0 Å². The fraction of sp³-hybridized carbons (Fsp3) is 0.412. The third-order valence-electron chi connectivity index (χ3n) is 3.58. The highest BCUT2D eigenvalue weighted by atomic mass is 32.2. The van der Waals surface area contributed by atoms with Crippen LogP contribution >= 0.6 is 0 Å². The lowest BCUT2D eigenvalue weighted by Crippen LogP contribution is -2.27. The summed E-state index contributed by atoms with van der Waals surface area (Å²) in [6.45, 7) is 8.01. The highest BCUT2D eigenvalue weighted by molar-refractivity contribution is 7.89. The van der Waals surface area contributed by atoms with E-state index in [2.05, 4.69) is 15.0 Å². The van der Waals surface area contributed by atoms with Gasteiger partial charge in [0.1, 0.15) is 5.76 Å². The van der Waals surface area contributed by atoms with Crippen LogP contribution in [0.5, 0.6) is 0 Å². The molecule has 2 aromatic rings. The van der Waals surface area contributed by atoms with Gasteiger partial charge >= 0.3 is 0 Å². The summed E-state index contributed by atoms with van der Waals surface area (Å²) in [6.07, 6.45) is 0. The molecule has 1 aromatic heterocycles. The smallest absolute Gasteiger partial charge is 0.251 e.